The van der Waals surface area contributed by atoms with Gasteiger partial charge in [-0.2, -0.15) is 0 Å². The maximum atomic E-state index is 13.6. The number of nitrogens with one attached hydrogen (secondary N) is 1. The summed E-state index contributed by atoms with van der Waals surface area (Å²) in [6, 6.07) is 3.60. The van der Waals surface area contributed by atoms with Crippen LogP contribution in [0.5, 0.6) is 0 Å². The van der Waals surface area contributed by atoms with Gasteiger partial charge in [0.2, 0.25) is 10.0 Å². The molecule has 1 rings (SSSR count). The number of carboxylic acids is 1. The summed E-state index contributed by atoms with van der Waals surface area (Å²) in [6.07, 6.45) is -0.0896. The summed E-state index contributed by atoms with van der Waals surface area (Å²) in [7, 11) is -4.07. The molecule has 0 saturated heterocycles. The van der Waals surface area contributed by atoms with Gasteiger partial charge in [0.25, 0.3) is 0 Å². The molecule has 1 aromatic rings. The van der Waals surface area contributed by atoms with E-state index in [0.717, 1.165) is 12.1 Å². The van der Waals surface area contributed by atoms with Gasteiger partial charge in [-0.1, -0.05) is 15.9 Å². The molecule has 0 aliphatic heterocycles. The molecule has 0 aromatic heterocycles. The lowest BCUT2D eigenvalue weighted by atomic mass is 10.0. The minimum absolute atomic E-state index is 0.0944. The summed E-state index contributed by atoms with van der Waals surface area (Å²) in [5.41, 5.74) is -0.994. The molecule has 0 aliphatic rings. The van der Waals surface area contributed by atoms with Gasteiger partial charge < -0.3 is 5.11 Å². The highest BCUT2D eigenvalue weighted by Crippen LogP contribution is 2.22. The van der Waals surface area contributed by atoms with Crippen LogP contribution in [0.3, 0.4) is 0 Å². The first-order valence-electron chi connectivity index (χ1n) is 5.74. The molecule has 0 heterocycles. The monoisotopic (exact) mass is 367 g/mol. The average Bonchev–Trinajstić information content (AvgIpc) is 2.28. The van der Waals surface area contributed by atoms with E-state index in [0.29, 0.717) is 4.47 Å². The first-order valence-corrected chi connectivity index (χ1v) is 8.02. The minimum Gasteiger partial charge on any atom is -0.481 e. The van der Waals surface area contributed by atoms with Crippen molar-refractivity contribution >= 4 is 31.9 Å². The minimum atomic E-state index is -4.07. The molecule has 0 bridgehead atoms. The van der Waals surface area contributed by atoms with Gasteiger partial charge in [0.05, 0.1) is 0 Å². The van der Waals surface area contributed by atoms with E-state index in [1.807, 2.05) is 0 Å². The number of rotatable bonds is 6. The molecule has 0 aliphatic carbocycles. The van der Waals surface area contributed by atoms with Crippen LogP contribution in [0.4, 0.5) is 4.39 Å². The Morgan fingerprint density at radius 2 is 2.05 bits per heavy atom. The molecule has 112 valence electrons. The smallest absolute Gasteiger partial charge is 0.303 e. The van der Waals surface area contributed by atoms with Crippen LogP contribution in [-0.2, 0) is 14.8 Å². The summed E-state index contributed by atoms with van der Waals surface area (Å²) < 4.78 is 40.7. The number of hydrogen-bond donors (Lipinski definition) is 2. The van der Waals surface area contributed by atoms with E-state index < -0.39 is 32.2 Å². The van der Waals surface area contributed by atoms with Crippen molar-refractivity contribution in [3.05, 3.63) is 28.5 Å². The van der Waals surface area contributed by atoms with Gasteiger partial charge in [0.15, 0.2) is 0 Å². The second kappa shape index (κ2) is 6.19. The molecule has 0 fully saturated rings. The molecular weight excluding hydrogens is 353 g/mol. The van der Waals surface area contributed by atoms with Crippen LogP contribution in [-0.4, -0.2) is 25.0 Å². The van der Waals surface area contributed by atoms with Gasteiger partial charge in [-0.25, -0.2) is 17.5 Å². The fourth-order valence-corrected chi connectivity index (χ4v) is 3.63. The van der Waals surface area contributed by atoms with Crippen LogP contribution in [0.15, 0.2) is 27.6 Å². The van der Waals surface area contributed by atoms with Gasteiger partial charge in [-0.3, -0.25) is 4.79 Å². The fraction of sp³-hybridized carbons (Fsp3) is 0.417. The third-order valence-corrected chi connectivity index (χ3v) is 4.76. The van der Waals surface area contributed by atoms with Crippen LogP contribution in [0.2, 0.25) is 0 Å². The predicted molar refractivity (Wildman–Crippen MR) is 75.4 cm³/mol. The van der Waals surface area contributed by atoms with E-state index >= 15 is 0 Å². The maximum absolute atomic E-state index is 13.6. The second-order valence-corrected chi connectivity index (χ2v) is 7.52. The van der Waals surface area contributed by atoms with E-state index in [1.54, 1.807) is 13.8 Å². The Hall–Kier alpha value is -0.990. The largest absolute Gasteiger partial charge is 0.481 e. The van der Waals surface area contributed by atoms with Gasteiger partial charge in [-0.15, -0.1) is 0 Å². The standard InChI is InChI=1S/C12H15BrFNO4S/c1-12(2,6-5-11(16)17)15-20(18,19)10-7-8(13)3-4-9(10)14/h3-4,7,15H,5-6H2,1-2H3,(H,16,17). The lowest BCUT2D eigenvalue weighted by Gasteiger charge is -2.25. The lowest BCUT2D eigenvalue weighted by molar-refractivity contribution is -0.137. The third kappa shape index (κ3) is 4.84. The van der Waals surface area contributed by atoms with Gasteiger partial charge in [0.1, 0.15) is 10.7 Å². The Morgan fingerprint density at radius 3 is 2.60 bits per heavy atom. The van der Waals surface area contributed by atoms with Crippen molar-refractivity contribution < 1.29 is 22.7 Å². The Labute approximate surface area is 125 Å². The molecule has 1 aromatic carbocycles. The maximum Gasteiger partial charge on any atom is 0.303 e. The van der Waals surface area contributed by atoms with Gasteiger partial charge in [0, 0.05) is 16.4 Å². The molecule has 20 heavy (non-hydrogen) atoms. The first kappa shape index (κ1) is 17.1. The second-order valence-electron chi connectivity index (χ2n) is 4.96. The molecule has 0 radical (unpaired) electrons. The summed E-state index contributed by atoms with van der Waals surface area (Å²) in [5, 5.41) is 8.63. The van der Waals surface area contributed by atoms with E-state index in [1.165, 1.54) is 6.07 Å². The Kier molecular flexibility index (Phi) is 5.28. The highest BCUT2D eigenvalue weighted by atomic mass is 79.9. The normalized spacial score (nSPS) is 12.4. The van der Waals surface area contributed by atoms with E-state index in [2.05, 4.69) is 20.7 Å². The van der Waals surface area contributed by atoms with Crippen molar-refractivity contribution in [3.8, 4) is 0 Å². The molecule has 5 nitrogen and oxygen atoms in total. The number of carbonyl (C=O) groups is 1. The molecule has 0 atom stereocenters. The SMILES string of the molecule is CC(C)(CCC(=O)O)NS(=O)(=O)c1cc(Br)ccc1F. The van der Waals surface area contributed by atoms with Crippen LogP contribution in [0.1, 0.15) is 26.7 Å². The Balaban J connectivity index is 3.00. The zero-order valence-corrected chi connectivity index (χ0v) is 13.4. The van der Waals surface area contributed by atoms with Crippen LogP contribution in [0, 0.1) is 5.82 Å². The van der Waals surface area contributed by atoms with Crippen LogP contribution in [0.25, 0.3) is 0 Å². The van der Waals surface area contributed by atoms with Crippen molar-refractivity contribution in [2.24, 2.45) is 0 Å². The third-order valence-electron chi connectivity index (χ3n) is 2.56. The van der Waals surface area contributed by atoms with Gasteiger partial charge >= 0.3 is 5.97 Å². The lowest BCUT2D eigenvalue weighted by Crippen LogP contribution is -2.43. The molecule has 2 N–H and O–H groups in total. The van der Waals surface area contributed by atoms with Crippen LogP contribution < -0.4 is 4.72 Å². The molecule has 0 amide bonds. The zero-order chi connectivity index (χ0) is 15.6. The number of hydrogen-bond acceptors (Lipinski definition) is 3. The molecule has 8 heteroatoms. The van der Waals surface area contributed by atoms with E-state index in [9.17, 15) is 17.6 Å². The van der Waals surface area contributed by atoms with Crippen molar-refractivity contribution in [1.29, 1.82) is 0 Å². The number of carboxylic acid groups (broad SMARTS) is 1. The van der Waals surface area contributed by atoms with Crippen molar-refractivity contribution in [2.45, 2.75) is 37.1 Å². The van der Waals surface area contributed by atoms with E-state index in [4.69, 9.17) is 5.11 Å². The number of sulfonamides is 1. The summed E-state index contributed by atoms with van der Waals surface area (Å²) >= 11 is 3.08. The Morgan fingerprint density at radius 1 is 1.45 bits per heavy atom. The molecular formula is C12H15BrFNO4S. The molecule has 0 spiro atoms. The van der Waals surface area contributed by atoms with Crippen molar-refractivity contribution in [3.63, 3.8) is 0 Å². The number of halogens is 2. The fourth-order valence-electron chi connectivity index (χ4n) is 1.57. The first-order chi connectivity index (χ1) is 9.03. The van der Waals surface area contributed by atoms with Crippen molar-refractivity contribution in [2.75, 3.05) is 0 Å². The van der Waals surface area contributed by atoms with Crippen LogP contribution >= 0.6 is 15.9 Å². The predicted octanol–water partition coefficient (Wildman–Crippen LogP) is 2.51. The Bertz CT molecular complexity index is 616. The quantitative estimate of drug-likeness (QED) is 0.808. The van der Waals surface area contributed by atoms with Gasteiger partial charge in [-0.05, 0) is 38.5 Å². The number of aliphatic carboxylic acids is 1. The highest BCUT2D eigenvalue weighted by molar-refractivity contribution is 9.10. The zero-order valence-electron chi connectivity index (χ0n) is 11.0. The average molecular weight is 368 g/mol. The number of benzene rings is 1. The molecule has 0 saturated carbocycles. The summed E-state index contributed by atoms with van der Waals surface area (Å²) in [6.45, 7) is 3.09. The van der Waals surface area contributed by atoms with E-state index in [-0.39, 0.29) is 12.8 Å². The highest BCUT2D eigenvalue weighted by Gasteiger charge is 2.28. The molecule has 0 unspecified atom stereocenters. The summed E-state index contributed by atoms with van der Waals surface area (Å²) in [4.78, 5) is 10.1. The topological polar surface area (TPSA) is 83.5 Å². The van der Waals surface area contributed by atoms with Crippen molar-refractivity contribution in [1.82, 2.24) is 4.72 Å². The summed E-state index contributed by atoms with van der Waals surface area (Å²) in [5.74, 6) is -1.89.